The lowest BCUT2D eigenvalue weighted by Gasteiger charge is -2.28. The maximum atomic E-state index is 12.4. The standard InChI is InChI=1S/C16H19N3O6/c1-16(2)24-13-12(22-14(21)9-6-4-3-5-7-9)11(23-15(13)25-16)10(8-20)18-19-17/h3-7,10-13,15,20H,8H2,1-2H3/t10-,11-,12-,13-,15-/m1/s1. The molecule has 0 spiro atoms. The molecule has 2 saturated heterocycles. The van der Waals surface area contributed by atoms with E-state index in [-0.39, 0.29) is 0 Å². The lowest BCUT2D eigenvalue weighted by atomic mass is 10.0. The molecule has 9 heteroatoms. The van der Waals surface area contributed by atoms with E-state index in [9.17, 15) is 9.90 Å². The van der Waals surface area contributed by atoms with Crippen LogP contribution in [0.25, 0.3) is 10.4 Å². The zero-order chi connectivity index (χ0) is 18.0. The van der Waals surface area contributed by atoms with E-state index in [1.54, 1.807) is 44.2 Å². The van der Waals surface area contributed by atoms with Crippen molar-refractivity contribution in [3.8, 4) is 0 Å². The highest BCUT2D eigenvalue weighted by molar-refractivity contribution is 5.89. The van der Waals surface area contributed by atoms with Crippen molar-refractivity contribution in [2.45, 2.75) is 50.3 Å². The summed E-state index contributed by atoms with van der Waals surface area (Å²) in [5.74, 6) is -1.46. The molecular formula is C16H19N3O6. The second-order valence-electron chi connectivity index (χ2n) is 6.26. The summed E-state index contributed by atoms with van der Waals surface area (Å²) >= 11 is 0. The van der Waals surface area contributed by atoms with Crippen molar-refractivity contribution in [3.05, 3.63) is 46.3 Å². The summed E-state index contributed by atoms with van der Waals surface area (Å²) < 4.78 is 22.7. The van der Waals surface area contributed by atoms with Crippen LogP contribution in [0.3, 0.4) is 0 Å². The molecule has 0 bridgehead atoms. The van der Waals surface area contributed by atoms with Crippen LogP contribution < -0.4 is 0 Å². The van der Waals surface area contributed by atoms with E-state index in [0.29, 0.717) is 5.56 Å². The highest BCUT2D eigenvalue weighted by Gasteiger charge is 2.58. The molecule has 134 valence electrons. The maximum absolute atomic E-state index is 12.4. The molecule has 25 heavy (non-hydrogen) atoms. The van der Waals surface area contributed by atoms with Gasteiger partial charge in [-0.15, -0.1) is 0 Å². The molecular weight excluding hydrogens is 330 g/mol. The van der Waals surface area contributed by atoms with E-state index in [0.717, 1.165) is 0 Å². The Morgan fingerprint density at radius 2 is 2.12 bits per heavy atom. The van der Waals surface area contributed by atoms with Gasteiger partial charge in [-0.2, -0.15) is 0 Å². The van der Waals surface area contributed by atoms with Crippen LogP contribution in [0.4, 0.5) is 0 Å². The van der Waals surface area contributed by atoms with Crippen molar-refractivity contribution in [3.63, 3.8) is 0 Å². The number of rotatable bonds is 5. The molecule has 2 aliphatic rings. The fourth-order valence-electron chi connectivity index (χ4n) is 2.99. The zero-order valence-electron chi connectivity index (χ0n) is 13.8. The largest absolute Gasteiger partial charge is 0.453 e. The molecule has 0 saturated carbocycles. The van der Waals surface area contributed by atoms with Crippen molar-refractivity contribution < 1.29 is 28.8 Å². The second-order valence-corrected chi connectivity index (χ2v) is 6.26. The molecule has 5 atom stereocenters. The number of hydrogen-bond acceptors (Lipinski definition) is 7. The summed E-state index contributed by atoms with van der Waals surface area (Å²) in [6.45, 7) is 2.98. The third kappa shape index (κ3) is 3.60. The summed E-state index contributed by atoms with van der Waals surface area (Å²) in [4.78, 5) is 15.1. The van der Waals surface area contributed by atoms with Crippen molar-refractivity contribution in [1.29, 1.82) is 0 Å². The van der Waals surface area contributed by atoms with Gasteiger partial charge in [0.1, 0.15) is 6.10 Å². The van der Waals surface area contributed by atoms with Crippen LogP contribution in [0.15, 0.2) is 35.4 Å². The second kappa shape index (κ2) is 6.99. The number of ether oxygens (including phenoxy) is 4. The predicted molar refractivity (Wildman–Crippen MR) is 84.4 cm³/mol. The number of carbonyl (C=O) groups excluding carboxylic acids is 1. The third-order valence-corrected chi connectivity index (χ3v) is 4.05. The summed E-state index contributed by atoms with van der Waals surface area (Å²) in [5.41, 5.74) is 9.05. The van der Waals surface area contributed by atoms with Crippen LogP contribution in [0.5, 0.6) is 0 Å². The van der Waals surface area contributed by atoms with Crippen molar-refractivity contribution in [2.75, 3.05) is 6.61 Å². The first-order chi connectivity index (χ1) is 11.9. The number of nitrogens with zero attached hydrogens (tertiary/aromatic N) is 3. The van der Waals surface area contributed by atoms with Gasteiger partial charge < -0.3 is 24.1 Å². The lowest BCUT2D eigenvalue weighted by molar-refractivity contribution is -0.217. The van der Waals surface area contributed by atoms with Gasteiger partial charge in [0.15, 0.2) is 24.3 Å². The zero-order valence-corrected chi connectivity index (χ0v) is 13.8. The molecule has 0 radical (unpaired) electrons. The van der Waals surface area contributed by atoms with Gasteiger partial charge in [0, 0.05) is 4.91 Å². The Morgan fingerprint density at radius 1 is 1.40 bits per heavy atom. The van der Waals surface area contributed by atoms with Crippen molar-refractivity contribution in [1.82, 2.24) is 0 Å². The quantitative estimate of drug-likeness (QED) is 0.374. The van der Waals surface area contributed by atoms with E-state index in [4.69, 9.17) is 24.5 Å². The van der Waals surface area contributed by atoms with Crippen LogP contribution >= 0.6 is 0 Å². The van der Waals surface area contributed by atoms with Crippen LogP contribution in [-0.4, -0.2) is 54.1 Å². The van der Waals surface area contributed by atoms with Gasteiger partial charge >= 0.3 is 5.97 Å². The fraction of sp³-hybridized carbons (Fsp3) is 0.562. The molecule has 0 unspecified atom stereocenters. The predicted octanol–water partition coefficient (Wildman–Crippen LogP) is 1.76. The van der Waals surface area contributed by atoms with Gasteiger partial charge in [0.25, 0.3) is 0 Å². The number of aliphatic hydroxyl groups excluding tert-OH is 1. The molecule has 2 heterocycles. The molecule has 9 nitrogen and oxygen atoms in total. The Morgan fingerprint density at radius 3 is 2.76 bits per heavy atom. The van der Waals surface area contributed by atoms with E-state index in [2.05, 4.69) is 10.0 Å². The smallest absolute Gasteiger partial charge is 0.338 e. The normalized spacial score (nSPS) is 31.0. The van der Waals surface area contributed by atoms with Gasteiger partial charge in [0.2, 0.25) is 0 Å². The first kappa shape index (κ1) is 17.7. The molecule has 1 aromatic rings. The first-order valence-electron chi connectivity index (χ1n) is 7.87. The minimum absolute atomic E-state index is 0.368. The van der Waals surface area contributed by atoms with Gasteiger partial charge in [-0.3, -0.25) is 0 Å². The van der Waals surface area contributed by atoms with E-state index < -0.39 is 49.0 Å². The third-order valence-electron chi connectivity index (χ3n) is 4.05. The van der Waals surface area contributed by atoms with Crippen molar-refractivity contribution in [2.24, 2.45) is 5.11 Å². The molecule has 3 rings (SSSR count). The molecule has 0 amide bonds. The summed E-state index contributed by atoms with van der Waals surface area (Å²) in [5, 5.41) is 13.0. The average Bonchev–Trinajstić information content (AvgIpc) is 3.06. The number of aliphatic hydroxyl groups is 1. The highest BCUT2D eigenvalue weighted by Crippen LogP contribution is 2.40. The van der Waals surface area contributed by atoms with E-state index >= 15 is 0 Å². The number of fused-ring (bicyclic) bond motifs is 1. The number of azide groups is 1. The van der Waals surface area contributed by atoms with E-state index in [1.807, 2.05) is 0 Å². The molecule has 2 fully saturated rings. The molecule has 0 aromatic heterocycles. The topological polar surface area (TPSA) is 123 Å². The summed E-state index contributed by atoms with van der Waals surface area (Å²) in [6.07, 6.45) is -3.23. The Labute approximate surface area is 144 Å². The average molecular weight is 349 g/mol. The maximum Gasteiger partial charge on any atom is 0.338 e. The minimum Gasteiger partial charge on any atom is -0.453 e. The number of benzene rings is 1. The summed E-state index contributed by atoms with van der Waals surface area (Å²) in [7, 11) is 0. The minimum atomic E-state index is -0.931. The SMILES string of the molecule is CC1(C)O[C@H]2O[C@H]([C@@H](CO)N=[N+]=[N-])[C@@H](OC(=O)c3ccccc3)[C@H]2O1. The Kier molecular flexibility index (Phi) is 4.94. The van der Waals surface area contributed by atoms with Crippen molar-refractivity contribution >= 4 is 5.97 Å². The summed E-state index contributed by atoms with van der Waals surface area (Å²) in [6, 6.07) is 7.54. The molecule has 1 N–H and O–H groups in total. The Bertz CT molecular complexity index is 676. The Hall–Kier alpha value is -2.16. The van der Waals surface area contributed by atoms with Gasteiger partial charge in [-0.1, -0.05) is 23.3 Å². The fourth-order valence-corrected chi connectivity index (χ4v) is 2.99. The van der Waals surface area contributed by atoms with Gasteiger partial charge in [0.05, 0.1) is 18.2 Å². The molecule has 2 aliphatic heterocycles. The van der Waals surface area contributed by atoms with E-state index in [1.165, 1.54) is 0 Å². The highest BCUT2D eigenvalue weighted by atomic mass is 16.8. The van der Waals surface area contributed by atoms with Gasteiger partial charge in [-0.05, 0) is 31.5 Å². The van der Waals surface area contributed by atoms with Crippen LogP contribution in [-0.2, 0) is 18.9 Å². The Balaban J connectivity index is 1.84. The monoisotopic (exact) mass is 349 g/mol. The van der Waals surface area contributed by atoms with Crippen LogP contribution in [0, 0.1) is 0 Å². The van der Waals surface area contributed by atoms with Crippen LogP contribution in [0.1, 0.15) is 24.2 Å². The van der Waals surface area contributed by atoms with Crippen LogP contribution in [0.2, 0.25) is 0 Å². The van der Waals surface area contributed by atoms with Gasteiger partial charge in [-0.25, -0.2) is 4.79 Å². The number of hydrogen-bond donors (Lipinski definition) is 1. The first-order valence-corrected chi connectivity index (χ1v) is 7.87. The number of carbonyl (C=O) groups is 1. The number of esters is 1. The molecule has 0 aliphatic carbocycles. The molecule has 1 aromatic carbocycles. The lowest BCUT2D eigenvalue weighted by Crippen LogP contribution is -2.44.